The van der Waals surface area contributed by atoms with Gasteiger partial charge in [-0.3, -0.25) is 0 Å². The molecule has 1 rings (SSSR count). The molecule has 178 valence electrons. The highest BCUT2D eigenvalue weighted by Gasteiger charge is 2.28. The van der Waals surface area contributed by atoms with Crippen LogP contribution >= 0.6 is 0 Å². The van der Waals surface area contributed by atoms with Crippen molar-refractivity contribution in [1.82, 2.24) is 0 Å². The first-order valence-electron chi connectivity index (χ1n) is 13.3. The smallest absolute Gasteiger partial charge is 0.373 e. The van der Waals surface area contributed by atoms with Crippen LogP contribution in [0.4, 0.5) is 0 Å². The van der Waals surface area contributed by atoms with Crippen molar-refractivity contribution in [3.05, 3.63) is 29.6 Å². The van der Waals surface area contributed by atoms with E-state index in [0.717, 1.165) is 30.5 Å². The molecule has 3 nitrogen and oxygen atoms in total. The molecule has 0 amide bonds. The lowest BCUT2D eigenvalue weighted by Gasteiger charge is -2.11. The minimum atomic E-state index is -0.713. The van der Waals surface area contributed by atoms with Gasteiger partial charge < -0.3 is 5.11 Å². The monoisotopic (exact) mass is 432 g/mol. The van der Waals surface area contributed by atoms with Crippen molar-refractivity contribution in [3.63, 3.8) is 0 Å². The highest BCUT2D eigenvalue weighted by molar-refractivity contribution is 5.69. The molecule has 1 aromatic rings. The van der Waals surface area contributed by atoms with Crippen molar-refractivity contribution in [1.29, 1.82) is 0 Å². The average molecular weight is 433 g/mol. The number of aliphatic carboxylic acids is 1. The van der Waals surface area contributed by atoms with E-state index in [2.05, 4.69) is 6.92 Å². The summed E-state index contributed by atoms with van der Waals surface area (Å²) in [5.74, 6) is -0.713. The molecule has 0 radical (unpaired) electrons. The number of hydrogen-bond donors (Lipinski definition) is 1. The summed E-state index contributed by atoms with van der Waals surface area (Å²) in [4.78, 5) is 11.7. The molecule has 0 aliphatic rings. The molecule has 1 N–H and O–H groups in total. The number of carboxylic acids is 1. The third-order valence-corrected chi connectivity index (χ3v) is 6.75. The number of rotatable bonds is 20. The molecular formula is C28H50NO2+. The Bertz CT molecular complexity index is 584. The summed E-state index contributed by atoms with van der Waals surface area (Å²) in [6.45, 7) is 6.34. The van der Waals surface area contributed by atoms with E-state index >= 15 is 0 Å². The average Bonchev–Trinajstić information content (AvgIpc) is 2.75. The lowest BCUT2D eigenvalue weighted by Crippen LogP contribution is -2.46. The summed E-state index contributed by atoms with van der Waals surface area (Å²) in [5.41, 5.74) is 2.21. The van der Waals surface area contributed by atoms with Crippen molar-refractivity contribution in [2.45, 2.75) is 142 Å². The van der Waals surface area contributed by atoms with Gasteiger partial charge in [-0.05, 0) is 19.4 Å². The van der Waals surface area contributed by atoms with Crippen LogP contribution < -0.4 is 4.57 Å². The predicted molar refractivity (Wildman–Crippen MR) is 132 cm³/mol. The molecule has 0 fully saturated rings. The minimum absolute atomic E-state index is 0.434. The molecule has 0 aliphatic carbocycles. The number of pyridine rings is 1. The van der Waals surface area contributed by atoms with E-state index in [9.17, 15) is 9.90 Å². The molecule has 3 heteroatoms. The van der Waals surface area contributed by atoms with E-state index in [1.54, 1.807) is 0 Å². The highest BCUT2D eigenvalue weighted by Crippen LogP contribution is 2.16. The molecular weight excluding hydrogens is 382 g/mol. The van der Waals surface area contributed by atoms with Crippen molar-refractivity contribution in [2.75, 3.05) is 0 Å². The van der Waals surface area contributed by atoms with Crippen molar-refractivity contribution in [3.8, 4) is 0 Å². The number of aryl methyl sites for hydroxylation is 1. The van der Waals surface area contributed by atoms with Gasteiger partial charge in [0.25, 0.3) is 6.04 Å². The Hall–Kier alpha value is -1.38. The quantitative estimate of drug-likeness (QED) is 0.166. The molecule has 0 spiro atoms. The maximum atomic E-state index is 11.7. The van der Waals surface area contributed by atoms with Crippen LogP contribution in [-0.2, 0) is 4.79 Å². The molecule has 0 bridgehead atoms. The van der Waals surface area contributed by atoms with Gasteiger partial charge in [0.15, 0.2) is 11.9 Å². The van der Waals surface area contributed by atoms with E-state index in [-0.39, 0.29) is 0 Å². The van der Waals surface area contributed by atoms with Gasteiger partial charge in [0, 0.05) is 25.0 Å². The van der Waals surface area contributed by atoms with E-state index in [4.69, 9.17) is 0 Å². The number of hydrogen-bond acceptors (Lipinski definition) is 1. The fourth-order valence-corrected chi connectivity index (χ4v) is 4.50. The first-order valence-corrected chi connectivity index (χ1v) is 13.3. The van der Waals surface area contributed by atoms with Crippen LogP contribution in [0.25, 0.3) is 0 Å². The van der Waals surface area contributed by atoms with Gasteiger partial charge in [-0.1, -0.05) is 110 Å². The molecule has 31 heavy (non-hydrogen) atoms. The first-order chi connectivity index (χ1) is 15.1. The zero-order chi connectivity index (χ0) is 22.7. The Kier molecular flexibility index (Phi) is 16.3. The molecule has 1 heterocycles. The third kappa shape index (κ3) is 12.9. The summed E-state index contributed by atoms with van der Waals surface area (Å²) >= 11 is 0. The summed E-state index contributed by atoms with van der Waals surface area (Å²) < 4.78 is 1.93. The normalized spacial score (nSPS) is 12.2. The SMILES string of the molecule is CCCCCCCCCCCCCCCCCCCC(C(=O)O)[n+]1cccc(C)c1C. The molecule has 0 aromatic carbocycles. The molecule has 0 saturated heterocycles. The van der Waals surface area contributed by atoms with Gasteiger partial charge in [-0.2, -0.15) is 4.57 Å². The van der Waals surface area contributed by atoms with Gasteiger partial charge in [-0.15, -0.1) is 0 Å². The standard InChI is InChI=1S/C28H49NO2/c1-4-5-6-7-8-9-10-11-12-13-14-15-16-17-18-19-20-23-27(28(30)31)29-24-21-22-25(2)26(29)3/h21-22,24,27H,4-20,23H2,1-3H3/p+1. The number of nitrogens with zero attached hydrogens (tertiary/aromatic N) is 1. The number of aromatic nitrogens is 1. The topological polar surface area (TPSA) is 41.2 Å². The Morgan fingerprint density at radius 3 is 1.61 bits per heavy atom. The molecule has 1 atom stereocenters. The zero-order valence-corrected chi connectivity index (χ0v) is 20.8. The summed E-state index contributed by atoms with van der Waals surface area (Å²) in [5, 5.41) is 9.66. The second-order valence-electron chi connectivity index (χ2n) is 9.48. The van der Waals surface area contributed by atoms with Crippen LogP contribution in [0.3, 0.4) is 0 Å². The van der Waals surface area contributed by atoms with Gasteiger partial charge >= 0.3 is 5.97 Å². The summed E-state index contributed by atoms with van der Waals surface area (Å²) in [6, 6.07) is 3.56. The van der Waals surface area contributed by atoms with Crippen molar-refractivity contribution < 1.29 is 14.5 Å². The fraction of sp³-hybridized carbons (Fsp3) is 0.786. The largest absolute Gasteiger partial charge is 0.476 e. The maximum Gasteiger partial charge on any atom is 0.373 e. The molecule has 1 aromatic heterocycles. The number of carboxylic acid groups (broad SMARTS) is 1. The molecule has 1 unspecified atom stereocenters. The Labute approximate surface area is 192 Å². The van der Waals surface area contributed by atoms with Gasteiger partial charge in [0.2, 0.25) is 0 Å². The van der Waals surface area contributed by atoms with Crippen LogP contribution in [-0.4, -0.2) is 11.1 Å². The van der Waals surface area contributed by atoms with Crippen LogP contribution in [0.5, 0.6) is 0 Å². The minimum Gasteiger partial charge on any atom is -0.476 e. The number of unbranched alkanes of at least 4 members (excludes halogenated alkanes) is 16. The van der Waals surface area contributed by atoms with Crippen LogP contribution in [0, 0.1) is 13.8 Å². The van der Waals surface area contributed by atoms with Gasteiger partial charge in [0.05, 0.1) is 0 Å². The van der Waals surface area contributed by atoms with E-state index in [0.29, 0.717) is 0 Å². The van der Waals surface area contributed by atoms with E-state index < -0.39 is 12.0 Å². The second kappa shape index (κ2) is 18.2. The van der Waals surface area contributed by atoms with Crippen molar-refractivity contribution in [2.24, 2.45) is 0 Å². The van der Waals surface area contributed by atoms with Crippen LogP contribution in [0.15, 0.2) is 18.3 Å². The zero-order valence-electron chi connectivity index (χ0n) is 20.8. The molecule has 0 aliphatic heterocycles. The highest BCUT2D eigenvalue weighted by atomic mass is 16.4. The third-order valence-electron chi connectivity index (χ3n) is 6.75. The lowest BCUT2D eigenvalue weighted by molar-refractivity contribution is -0.717. The van der Waals surface area contributed by atoms with Crippen molar-refractivity contribution >= 4 is 5.97 Å². The first kappa shape index (κ1) is 27.7. The maximum absolute atomic E-state index is 11.7. The Balaban J connectivity index is 1.97. The Morgan fingerprint density at radius 1 is 0.774 bits per heavy atom. The van der Waals surface area contributed by atoms with Crippen LogP contribution in [0.1, 0.15) is 140 Å². The summed E-state index contributed by atoms with van der Waals surface area (Å²) in [6.07, 6.45) is 25.6. The van der Waals surface area contributed by atoms with Gasteiger partial charge in [0.1, 0.15) is 0 Å². The van der Waals surface area contributed by atoms with E-state index in [1.165, 1.54) is 96.3 Å². The predicted octanol–water partition coefficient (Wildman–Crippen LogP) is 8.26. The lowest BCUT2D eigenvalue weighted by atomic mass is 10.0. The second-order valence-corrected chi connectivity index (χ2v) is 9.48. The number of carbonyl (C=O) groups is 1. The summed E-state index contributed by atoms with van der Waals surface area (Å²) in [7, 11) is 0. The fourth-order valence-electron chi connectivity index (χ4n) is 4.50. The van der Waals surface area contributed by atoms with Gasteiger partial charge in [-0.25, -0.2) is 4.79 Å². The van der Waals surface area contributed by atoms with E-state index in [1.807, 2.05) is 36.7 Å². The Morgan fingerprint density at radius 2 is 1.19 bits per heavy atom. The van der Waals surface area contributed by atoms with Crippen LogP contribution in [0.2, 0.25) is 0 Å². The molecule has 0 saturated carbocycles.